The maximum Gasteiger partial charge on any atom is 0.132 e. The summed E-state index contributed by atoms with van der Waals surface area (Å²) in [4.78, 5) is 11.6. The van der Waals surface area contributed by atoms with Gasteiger partial charge < -0.3 is 4.90 Å². The van der Waals surface area contributed by atoms with E-state index in [-0.39, 0.29) is 0 Å². The third kappa shape index (κ3) is 6.45. The molecule has 0 aromatic carbocycles. The highest BCUT2D eigenvalue weighted by molar-refractivity contribution is 5.38. The van der Waals surface area contributed by atoms with Gasteiger partial charge in [-0.2, -0.15) is 0 Å². The minimum absolute atomic E-state index is 0.351. The molecule has 0 bridgehead atoms. The van der Waals surface area contributed by atoms with E-state index < -0.39 is 0 Å². The molecule has 0 aliphatic heterocycles. The molecule has 1 unspecified atom stereocenters. The summed E-state index contributed by atoms with van der Waals surface area (Å²) in [5.74, 6) is 2.07. The Hall–Kier alpha value is -1.12. The third-order valence-corrected chi connectivity index (χ3v) is 3.80. The van der Waals surface area contributed by atoms with Gasteiger partial charge in [-0.1, -0.05) is 41.0 Å². The summed E-state index contributed by atoms with van der Waals surface area (Å²) < 4.78 is 0. The maximum atomic E-state index is 4.78. The van der Waals surface area contributed by atoms with E-state index in [4.69, 9.17) is 4.98 Å². The average molecular weight is 291 g/mol. The zero-order chi connectivity index (χ0) is 15.9. The number of aryl methyl sites for hydroxylation is 1. The van der Waals surface area contributed by atoms with Crippen molar-refractivity contribution in [3.05, 3.63) is 18.1 Å². The highest BCUT2D eigenvalue weighted by Gasteiger charge is 2.19. The molecule has 120 valence electrons. The van der Waals surface area contributed by atoms with E-state index in [0.717, 1.165) is 31.0 Å². The third-order valence-electron chi connectivity index (χ3n) is 3.80. The van der Waals surface area contributed by atoms with E-state index in [2.05, 4.69) is 57.5 Å². The fourth-order valence-corrected chi connectivity index (χ4v) is 2.48. The molecule has 0 N–H and O–H groups in total. The summed E-state index contributed by atoms with van der Waals surface area (Å²) in [5, 5.41) is 0. The Morgan fingerprint density at radius 2 is 1.90 bits per heavy atom. The molecule has 0 spiro atoms. The van der Waals surface area contributed by atoms with Gasteiger partial charge in [-0.3, -0.25) is 0 Å². The van der Waals surface area contributed by atoms with E-state index >= 15 is 0 Å². The summed E-state index contributed by atoms with van der Waals surface area (Å²) in [6.07, 6.45) is 7.56. The molecule has 1 aromatic rings. The van der Waals surface area contributed by atoms with Crippen molar-refractivity contribution in [1.29, 1.82) is 0 Å². The lowest BCUT2D eigenvalue weighted by Crippen LogP contribution is -2.36. The van der Waals surface area contributed by atoms with Gasteiger partial charge in [0.2, 0.25) is 0 Å². The predicted octanol–water partition coefficient (Wildman–Crippen LogP) is 4.86. The van der Waals surface area contributed by atoms with Crippen LogP contribution < -0.4 is 4.90 Å². The molecule has 0 radical (unpaired) electrons. The molecule has 3 nitrogen and oxygen atoms in total. The van der Waals surface area contributed by atoms with Crippen molar-refractivity contribution in [1.82, 2.24) is 9.97 Å². The fraction of sp³-hybridized carbons (Fsp3) is 0.778. The molecule has 1 atom stereocenters. The van der Waals surface area contributed by atoms with E-state index in [1.54, 1.807) is 0 Å². The zero-order valence-electron chi connectivity index (χ0n) is 14.8. The van der Waals surface area contributed by atoms with Gasteiger partial charge in [0.25, 0.3) is 0 Å². The Bertz CT molecular complexity index is 409. The molecule has 1 rings (SSSR count). The topological polar surface area (TPSA) is 29.0 Å². The molecule has 0 saturated carbocycles. The summed E-state index contributed by atoms with van der Waals surface area (Å²) >= 11 is 0. The van der Waals surface area contributed by atoms with E-state index in [9.17, 15) is 0 Å². The molecule has 0 aliphatic rings. The first kappa shape index (κ1) is 17.9. The quantitative estimate of drug-likeness (QED) is 0.685. The van der Waals surface area contributed by atoms with Crippen LogP contribution >= 0.6 is 0 Å². The zero-order valence-corrected chi connectivity index (χ0v) is 14.8. The van der Waals surface area contributed by atoms with Gasteiger partial charge in [-0.15, -0.1) is 0 Å². The summed E-state index contributed by atoms with van der Waals surface area (Å²) in [5.41, 5.74) is 0.351. The fourth-order valence-electron chi connectivity index (χ4n) is 2.48. The van der Waals surface area contributed by atoms with Crippen LogP contribution in [0.1, 0.15) is 73.1 Å². The van der Waals surface area contributed by atoms with Crippen LogP contribution in [0.25, 0.3) is 0 Å². The van der Waals surface area contributed by atoms with Crippen molar-refractivity contribution in [2.24, 2.45) is 5.41 Å². The second kappa shape index (κ2) is 8.35. The minimum Gasteiger partial charge on any atom is -0.354 e. The van der Waals surface area contributed by atoms with Gasteiger partial charge >= 0.3 is 0 Å². The second-order valence-electron chi connectivity index (χ2n) is 7.22. The van der Waals surface area contributed by atoms with Gasteiger partial charge in [0.1, 0.15) is 11.6 Å². The van der Waals surface area contributed by atoms with E-state index in [0.29, 0.717) is 11.5 Å². The van der Waals surface area contributed by atoms with Gasteiger partial charge in [-0.25, -0.2) is 9.97 Å². The molecule has 0 saturated heterocycles. The number of nitrogens with zero attached hydrogens (tertiary/aromatic N) is 3. The first-order valence-electron chi connectivity index (χ1n) is 8.46. The lowest BCUT2D eigenvalue weighted by atomic mass is 9.92. The standard InChI is InChI=1S/C18H33N3/c1-7-9-15(3)21(14-12-18(4,5)6)17-11-13-19-16(20-17)10-8-2/h11,13,15H,7-10,12,14H2,1-6H3. The normalized spacial score (nSPS) is 13.2. The van der Waals surface area contributed by atoms with Crippen molar-refractivity contribution in [2.45, 2.75) is 79.7 Å². The lowest BCUT2D eigenvalue weighted by molar-refractivity contribution is 0.370. The van der Waals surface area contributed by atoms with Gasteiger partial charge in [0.15, 0.2) is 0 Å². The predicted molar refractivity (Wildman–Crippen MR) is 91.8 cm³/mol. The first-order valence-corrected chi connectivity index (χ1v) is 8.46. The van der Waals surface area contributed by atoms with Crippen LogP contribution in [0.15, 0.2) is 12.3 Å². The number of anilines is 1. The van der Waals surface area contributed by atoms with Crippen LogP contribution in [0.3, 0.4) is 0 Å². The molecule has 0 fully saturated rings. The Kier molecular flexibility index (Phi) is 7.13. The largest absolute Gasteiger partial charge is 0.354 e. The Balaban J connectivity index is 2.91. The smallest absolute Gasteiger partial charge is 0.132 e. The summed E-state index contributed by atoms with van der Waals surface area (Å²) in [6.45, 7) is 14.7. The monoisotopic (exact) mass is 291 g/mol. The lowest BCUT2D eigenvalue weighted by Gasteiger charge is -2.33. The summed E-state index contributed by atoms with van der Waals surface area (Å²) in [6, 6.07) is 2.59. The molecule has 3 heteroatoms. The minimum atomic E-state index is 0.351. The SMILES string of the molecule is CCCc1nccc(N(CCC(C)(C)C)C(C)CCC)n1. The number of hydrogen-bond donors (Lipinski definition) is 0. The Morgan fingerprint density at radius 3 is 2.48 bits per heavy atom. The van der Waals surface area contributed by atoms with Crippen molar-refractivity contribution in [3.8, 4) is 0 Å². The van der Waals surface area contributed by atoms with Crippen molar-refractivity contribution in [3.63, 3.8) is 0 Å². The molecule has 1 aromatic heterocycles. The number of aromatic nitrogens is 2. The van der Waals surface area contributed by atoms with E-state index in [1.165, 1.54) is 19.3 Å². The van der Waals surface area contributed by atoms with Gasteiger partial charge in [-0.05, 0) is 37.7 Å². The van der Waals surface area contributed by atoms with Gasteiger partial charge in [0, 0.05) is 25.2 Å². The van der Waals surface area contributed by atoms with Crippen LogP contribution in [0, 0.1) is 5.41 Å². The Morgan fingerprint density at radius 1 is 1.19 bits per heavy atom. The Labute approximate surface area is 131 Å². The first-order chi connectivity index (χ1) is 9.87. The molecule has 1 heterocycles. The van der Waals surface area contributed by atoms with Crippen LogP contribution in [-0.2, 0) is 6.42 Å². The highest BCUT2D eigenvalue weighted by atomic mass is 15.2. The summed E-state index contributed by atoms with van der Waals surface area (Å²) in [7, 11) is 0. The van der Waals surface area contributed by atoms with Crippen LogP contribution in [-0.4, -0.2) is 22.6 Å². The number of hydrogen-bond acceptors (Lipinski definition) is 3. The number of rotatable bonds is 8. The highest BCUT2D eigenvalue weighted by Crippen LogP contribution is 2.23. The van der Waals surface area contributed by atoms with E-state index in [1.807, 2.05) is 6.20 Å². The van der Waals surface area contributed by atoms with Crippen LogP contribution in [0.5, 0.6) is 0 Å². The maximum absolute atomic E-state index is 4.78. The van der Waals surface area contributed by atoms with Crippen molar-refractivity contribution >= 4 is 5.82 Å². The van der Waals surface area contributed by atoms with Crippen molar-refractivity contribution < 1.29 is 0 Å². The van der Waals surface area contributed by atoms with Crippen LogP contribution in [0.4, 0.5) is 5.82 Å². The average Bonchev–Trinajstić information content (AvgIpc) is 2.39. The molecule has 0 amide bonds. The molecular weight excluding hydrogens is 258 g/mol. The molecule has 21 heavy (non-hydrogen) atoms. The second-order valence-corrected chi connectivity index (χ2v) is 7.22. The molecular formula is C18H33N3. The van der Waals surface area contributed by atoms with Crippen molar-refractivity contribution in [2.75, 3.05) is 11.4 Å². The molecule has 0 aliphatic carbocycles. The van der Waals surface area contributed by atoms with Gasteiger partial charge in [0.05, 0.1) is 0 Å². The van der Waals surface area contributed by atoms with Crippen LogP contribution in [0.2, 0.25) is 0 Å².